The van der Waals surface area contributed by atoms with Gasteiger partial charge < -0.3 is 4.90 Å². The highest BCUT2D eigenvalue weighted by atomic mass is 32.2. The first-order chi connectivity index (χ1) is 14.2. The van der Waals surface area contributed by atoms with Gasteiger partial charge in [0, 0.05) is 31.3 Å². The van der Waals surface area contributed by atoms with E-state index in [0.717, 1.165) is 24.1 Å². The Bertz CT molecular complexity index is 1160. The third-order valence-corrected chi connectivity index (χ3v) is 9.30. The predicted molar refractivity (Wildman–Crippen MR) is 113 cm³/mol. The monoisotopic (exact) mass is 425 g/mol. The maximum absolute atomic E-state index is 14.0. The highest BCUT2D eigenvalue weighted by molar-refractivity contribution is 7.93. The smallest absolute Gasteiger partial charge is 0.269 e. The van der Waals surface area contributed by atoms with E-state index in [4.69, 9.17) is 0 Å². The van der Waals surface area contributed by atoms with Crippen molar-refractivity contribution in [3.63, 3.8) is 0 Å². The molecule has 1 heterocycles. The molecule has 0 aromatic heterocycles. The summed E-state index contributed by atoms with van der Waals surface area (Å²) in [5.74, 6) is 0. The fourth-order valence-corrected chi connectivity index (χ4v) is 7.46. The molecule has 2 aliphatic rings. The van der Waals surface area contributed by atoms with Gasteiger partial charge in [0.15, 0.2) is 14.6 Å². The van der Waals surface area contributed by atoms with Crippen molar-refractivity contribution in [2.45, 2.75) is 54.2 Å². The first-order valence-corrected chi connectivity index (χ1v) is 11.4. The average Bonchev–Trinajstić information content (AvgIpc) is 3.21. The topological polar surface area (TPSA) is 104 Å². The summed E-state index contributed by atoms with van der Waals surface area (Å²) in [6.07, 6.45) is 2.76. The zero-order valence-electron chi connectivity index (χ0n) is 17.0. The van der Waals surface area contributed by atoms with Gasteiger partial charge in [0.05, 0.1) is 21.4 Å². The minimum atomic E-state index is -4.06. The fourth-order valence-electron chi connectivity index (χ4n) is 5.26. The second-order valence-electron chi connectivity index (χ2n) is 8.30. The predicted octanol–water partition coefficient (Wildman–Crippen LogP) is 3.94. The van der Waals surface area contributed by atoms with Crippen molar-refractivity contribution >= 4 is 21.2 Å². The summed E-state index contributed by atoms with van der Waals surface area (Å²) in [7, 11) is -2.25. The minimum Gasteiger partial charge on any atom is -0.366 e. The molecule has 2 aromatic rings. The molecule has 1 atom stereocenters. The Kier molecular flexibility index (Phi) is 4.62. The molecular weight excluding hydrogens is 402 g/mol. The SMILES string of the molecule is Cc1ccc(S(=O)(=O)C2(C#N)Cc3cc([N+](=O)[O-])ccc3N(C)C23CCCC3)cc1. The van der Waals surface area contributed by atoms with Crippen LogP contribution in [0.3, 0.4) is 0 Å². The summed E-state index contributed by atoms with van der Waals surface area (Å²) < 4.78 is 26.3. The summed E-state index contributed by atoms with van der Waals surface area (Å²) in [6.45, 7) is 1.87. The lowest BCUT2D eigenvalue weighted by atomic mass is 9.73. The average molecular weight is 426 g/mol. The van der Waals surface area contributed by atoms with Crippen LogP contribution in [0.5, 0.6) is 0 Å². The maximum Gasteiger partial charge on any atom is 0.269 e. The maximum atomic E-state index is 14.0. The van der Waals surface area contributed by atoms with Crippen LogP contribution < -0.4 is 4.90 Å². The Morgan fingerprint density at radius 3 is 2.33 bits per heavy atom. The van der Waals surface area contributed by atoms with Crippen LogP contribution in [0.2, 0.25) is 0 Å². The molecule has 1 aliphatic carbocycles. The van der Waals surface area contributed by atoms with Gasteiger partial charge in [-0.3, -0.25) is 10.1 Å². The molecule has 0 N–H and O–H groups in total. The molecule has 0 amide bonds. The van der Waals surface area contributed by atoms with Gasteiger partial charge in [-0.1, -0.05) is 30.5 Å². The number of hydrogen-bond donors (Lipinski definition) is 0. The van der Waals surface area contributed by atoms with E-state index in [1.165, 1.54) is 12.1 Å². The summed E-state index contributed by atoms with van der Waals surface area (Å²) >= 11 is 0. The Balaban J connectivity index is 1.99. The zero-order valence-corrected chi connectivity index (χ0v) is 17.8. The number of anilines is 1. The van der Waals surface area contributed by atoms with Crippen LogP contribution in [0.4, 0.5) is 11.4 Å². The van der Waals surface area contributed by atoms with Crippen molar-refractivity contribution in [3.8, 4) is 6.07 Å². The van der Waals surface area contributed by atoms with Gasteiger partial charge in [0.1, 0.15) is 0 Å². The van der Waals surface area contributed by atoms with Crippen molar-refractivity contribution in [1.82, 2.24) is 0 Å². The van der Waals surface area contributed by atoms with Gasteiger partial charge in [-0.05, 0) is 43.5 Å². The van der Waals surface area contributed by atoms with Crippen molar-refractivity contribution in [1.29, 1.82) is 5.26 Å². The number of fused-ring (bicyclic) bond motifs is 1. The fraction of sp³-hybridized carbons (Fsp3) is 0.409. The van der Waals surface area contributed by atoms with Gasteiger partial charge in [0.25, 0.3) is 5.69 Å². The number of hydrogen-bond acceptors (Lipinski definition) is 6. The lowest BCUT2D eigenvalue weighted by molar-refractivity contribution is -0.384. The van der Waals surface area contributed by atoms with E-state index in [-0.39, 0.29) is 17.0 Å². The van der Waals surface area contributed by atoms with E-state index in [1.54, 1.807) is 30.3 Å². The molecule has 1 unspecified atom stereocenters. The number of non-ortho nitro benzene ring substituents is 1. The normalized spacial score (nSPS) is 22.5. The first-order valence-electron chi connectivity index (χ1n) is 9.92. The number of nitro groups is 1. The lowest BCUT2D eigenvalue weighted by Crippen LogP contribution is -2.68. The Hall–Kier alpha value is -2.92. The first kappa shape index (κ1) is 20.4. The standard InChI is InChI=1S/C22H23N3O4S/c1-16-5-8-19(9-6-16)30(28,29)22(15-23)14-17-13-18(25(26)27)7-10-20(17)24(2)21(22)11-3-4-12-21/h5-10,13H,3-4,11-12,14H2,1-2H3. The number of aryl methyl sites for hydroxylation is 1. The molecule has 1 fully saturated rings. The van der Waals surface area contributed by atoms with Crippen LogP contribution in [0.15, 0.2) is 47.4 Å². The summed E-state index contributed by atoms with van der Waals surface area (Å²) in [6, 6.07) is 13.3. The number of benzene rings is 2. The number of nitrogens with zero attached hydrogens (tertiary/aromatic N) is 3. The van der Waals surface area contributed by atoms with Gasteiger partial charge >= 0.3 is 0 Å². The van der Waals surface area contributed by atoms with Crippen LogP contribution in [0.25, 0.3) is 0 Å². The molecule has 8 heteroatoms. The Morgan fingerprint density at radius 1 is 1.13 bits per heavy atom. The van der Waals surface area contributed by atoms with Crippen molar-refractivity contribution in [2.24, 2.45) is 0 Å². The van der Waals surface area contributed by atoms with E-state index in [0.29, 0.717) is 18.4 Å². The van der Waals surface area contributed by atoms with Crippen molar-refractivity contribution in [3.05, 3.63) is 63.7 Å². The minimum absolute atomic E-state index is 0.0684. The molecular formula is C22H23N3O4S. The quantitative estimate of drug-likeness (QED) is 0.545. The molecule has 7 nitrogen and oxygen atoms in total. The van der Waals surface area contributed by atoms with E-state index in [9.17, 15) is 23.8 Å². The molecule has 4 rings (SSSR count). The number of nitro benzene ring substituents is 1. The summed E-state index contributed by atoms with van der Waals surface area (Å²) in [4.78, 5) is 12.8. The van der Waals surface area contributed by atoms with Gasteiger partial charge in [0.2, 0.25) is 0 Å². The number of rotatable bonds is 3. The molecule has 0 bridgehead atoms. The number of nitriles is 1. The number of sulfone groups is 1. The molecule has 1 saturated carbocycles. The molecule has 1 aliphatic heterocycles. The molecule has 156 valence electrons. The molecule has 2 aromatic carbocycles. The van der Waals surface area contributed by atoms with Crippen molar-refractivity contribution in [2.75, 3.05) is 11.9 Å². The Morgan fingerprint density at radius 2 is 1.77 bits per heavy atom. The van der Waals surface area contributed by atoms with E-state index in [2.05, 4.69) is 6.07 Å². The second-order valence-corrected chi connectivity index (χ2v) is 10.5. The van der Waals surface area contributed by atoms with Gasteiger partial charge in [-0.15, -0.1) is 0 Å². The third kappa shape index (κ3) is 2.58. The molecule has 30 heavy (non-hydrogen) atoms. The highest BCUT2D eigenvalue weighted by Gasteiger charge is 2.65. The van der Waals surface area contributed by atoms with E-state index < -0.39 is 25.0 Å². The van der Waals surface area contributed by atoms with Crippen LogP contribution in [-0.4, -0.2) is 30.7 Å². The summed E-state index contributed by atoms with van der Waals surface area (Å²) in [5.41, 5.74) is 1.21. The van der Waals surface area contributed by atoms with E-state index >= 15 is 0 Å². The molecule has 0 saturated heterocycles. The highest BCUT2D eigenvalue weighted by Crippen LogP contribution is 2.55. The molecule has 0 radical (unpaired) electrons. The zero-order chi connectivity index (χ0) is 21.7. The van der Waals surface area contributed by atoms with Gasteiger partial charge in [-0.2, -0.15) is 5.26 Å². The summed E-state index contributed by atoms with van der Waals surface area (Å²) in [5, 5.41) is 21.8. The molecule has 1 spiro atoms. The van der Waals surface area contributed by atoms with Gasteiger partial charge in [-0.25, -0.2) is 8.42 Å². The van der Waals surface area contributed by atoms with Crippen LogP contribution in [0, 0.1) is 28.4 Å². The van der Waals surface area contributed by atoms with Crippen molar-refractivity contribution < 1.29 is 13.3 Å². The van der Waals surface area contributed by atoms with Crippen LogP contribution in [0.1, 0.15) is 36.8 Å². The Labute approximate surface area is 176 Å². The largest absolute Gasteiger partial charge is 0.366 e. The second kappa shape index (κ2) is 6.81. The lowest BCUT2D eigenvalue weighted by Gasteiger charge is -2.54. The third-order valence-electron chi connectivity index (χ3n) is 6.87. The van der Waals surface area contributed by atoms with Crippen LogP contribution in [-0.2, 0) is 16.3 Å². The van der Waals surface area contributed by atoms with Crippen LogP contribution >= 0.6 is 0 Å². The van der Waals surface area contributed by atoms with E-state index in [1.807, 2.05) is 18.9 Å².